The first kappa shape index (κ1) is 17.7. The number of amides is 1. The smallest absolute Gasteiger partial charge is 0.251 e. The van der Waals surface area contributed by atoms with Gasteiger partial charge in [0.2, 0.25) is 0 Å². The Kier molecular flexibility index (Phi) is 6.38. The Bertz CT molecular complexity index is 839. The van der Waals surface area contributed by atoms with Crippen molar-refractivity contribution in [2.45, 2.75) is 12.8 Å². The zero-order valence-electron chi connectivity index (χ0n) is 14.8. The third kappa shape index (κ3) is 5.18. The topological polar surface area (TPSA) is 29.1 Å². The number of aryl methyl sites for hydroxylation is 1. The highest BCUT2D eigenvalue weighted by atomic mass is 16.1. The van der Waals surface area contributed by atoms with E-state index in [0.29, 0.717) is 12.1 Å². The number of carbonyl (C=O) groups excluding carboxylic acids is 1. The van der Waals surface area contributed by atoms with Crippen molar-refractivity contribution in [3.05, 3.63) is 108 Å². The van der Waals surface area contributed by atoms with Crippen LogP contribution in [0.5, 0.6) is 0 Å². The van der Waals surface area contributed by atoms with Crippen molar-refractivity contribution in [2.75, 3.05) is 6.54 Å². The van der Waals surface area contributed by atoms with Crippen LogP contribution >= 0.6 is 0 Å². The molecule has 3 aromatic rings. The van der Waals surface area contributed by atoms with Gasteiger partial charge >= 0.3 is 0 Å². The molecule has 0 aliphatic rings. The Balaban J connectivity index is 1.66. The summed E-state index contributed by atoms with van der Waals surface area (Å²) in [6.07, 6.45) is 3.83. The fraction of sp³-hybridized carbons (Fsp3) is 0.125. The molecule has 0 aliphatic carbocycles. The van der Waals surface area contributed by atoms with Gasteiger partial charge in [-0.2, -0.15) is 0 Å². The second kappa shape index (κ2) is 9.38. The van der Waals surface area contributed by atoms with Crippen molar-refractivity contribution < 1.29 is 4.79 Å². The molecular formula is C24H23NO. The van der Waals surface area contributed by atoms with Crippen LogP contribution in [0.15, 0.2) is 91.0 Å². The van der Waals surface area contributed by atoms with Crippen molar-refractivity contribution in [2.24, 2.45) is 0 Å². The van der Waals surface area contributed by atoms with Gasteiger partial charge in [0.1, 0.15) is 0 Å². The van der Waals surface area contributed by atoms with Gasteiger partial charge < -0.3 is 5.32 Å². The third-order valence-electron chi connectivity index (χ3n) is 4.21. The van der Waals surface area contributed by atoms with E-state index in [2.05, 4.69) is 17.4 Å². The van der Waals surface area contributed by atoms with E-state index in [1.165, 1.54) is 5.56 Å². The Morgan fingerprint density at radius 2 is 1.35 bits per heavy atom. The van der Waals surface area contributed by atoms with Crippen LogP contribution in [0.4, 0.5) is 0 Å². The summed E-state index contributed by atoms with van der Waals surface area (Å²) in [4.78, 5) is 12.8. The number of carbonyl (C=O) groups is 1. The molecule has 130 valence electrons. The maximum atomic E-state index is 12.8. The highest BCUT2D eigenvalue weighted by Gasteiger charge is 2.11. The summed E-state index contributed by atoms with van der Waals surface area (Å²) in [5, 5.41) is 3.06. The maximum absolute atomic E-state index is 12.8. The average molecular weight is 341 g/mol. The molecule has 0 aliphatic heterocycles. The molecule has 0 unspecified atom stereocenters. The van der Waals surface area contributed by atoms with E-state index < -0.39 is 0 Å². The summed E-state index contributed by atoms with van der Waals surface area (Å²) >= 11 is 0. The van der Waals surface area contributed by atoms with E-state index >= 15 is 0 Å². The minimum atomic E-state index is -0.0342. The van der Waals surface area contributed by atoms with E-state index in [1.54, 1.807) is 0 Å². The molecule has 0 saturated heterocycles. The van der Waals surface area contributed by atoms with Gasteiger partial charge in [0.15, 0.2) is 0 Å². The molecule has 2 nitrogen and oxygen atoms in total. The molecule has 0 spiro atoms. The molecule has 26 heavy (non-hydrogen) atoms. The largest absolute Gasteiger partial charge is 0.352 e. The van der Waals surface area contributed by atoms with E-state index in [1.807, 2.05) is 84.9 Å². The van der Waals surface area contributed by atoms with Gasteiger partial charge in [-0.25, -0.2) is 0 Å². The van der Waals surface area contributed by atoms with Crippen LogP contribution in [-0.2, 0) is 11.2 Å². The van der Waals surface area contributed by atoms with Gasteiger partial charge in [-0.05, 0) is 35.6 Å². The van der Waals surface area contributed by atoms with Crippen molar-refractivity contribution in [3.63, 3.8) is 0 Å². The fourth-order valence-corrected chi connectivity index (χ4v) is 2.85. The second-order valence-electron chi connectivity index (χ2n) is 6.18. The molecular weight excluding hydrogens is 318 g/mol. The summed E-state index contributed by atoms with van der Waals surface area (Å²) in [5.41, 5.74) is 3.93. The highest BCUT2D eigenvalue weighted by molar-refractivity contribution is 6.24. The van der Waals surface area contributed by atoms with Gasteiger partial charge in [0, 0.05) is 12.1 Å². The number of benzene rings is 3. The van der Waals surface area contributed by atoms with Crippen molar-refractivity contribution in [3.8, 4) is 0 Å². The molecule has 0 saturated carbocycles. The first-order valence-corrected chi connectivity index (χ1v) is 8.97. The normalized spacial score (nSPS) is 11.2. The molecule has 0 heterocycles. The van der Waals surface area contributed by atoms with Gasteiger partial charge in [0.25, 0.3) is 5.91 Å². The minimum Gasteiger partial charge on any atom is -0.352 e. The quantitative estimate of drug-likeness (QED) is 0.367. The number of nitrogens with one attached hydrogen (secondary N) is 1. The predicted molar refractivity (Wildman–Crippen MR) is 109 cm³/mol. The Hall–Kier alpha value is -3.13. The Morgan fingerprint density at radius 1 is 0.769 bits per heavy atom. The Morgan fingerprint density at radius 3 is 2.00 bits per heavy atom. The van der Waals surface area contributed by atoms with E-state index in [9.17, 15) is 4.79 Å². The van der Waals surface area contributed by atoms with Crippen molar-refractivity contribution in [1.82, 2.24) is 5.32 Å². The molecule has 0 bridgehead atoms. The van der Waals surface area contributed by atoms with Crippen molar-refractivity contribution in [1.29, 1.82) is 0 Å². The second-order valence-corrected chi connectivity index (χ2v) is 6.18. The molecule has 0 atom stereocenters. The zero-order valence-corrected chi connectivity index (χ0v) is 14.8. The third-order valence-corrected chi connectivity index (χ3v) is 4.21. The van der Waals surface area contributed by atoms with Crippen LogP contribution < -0.4 is 5.32 Å². The molecule has 0 radical (unpaired) electrons. The lowest BCUT2D eigenvalue weighted by atomic mass is 10.0. The lowest BCUT2D eigenvalue weighted by Gasteiger charge is -2.10. The monoisotopic (exact) mass is 341 g/mol. The molecule has 3 aromatic carbocycles. The van der Waals surface area contributed by atoms with E-state index in [0.717, 1.165) is 24.0 Å². The SMILES string of the molecule is O=C(NCCCc1ccccc1)/C(=C/c1ccccc1)c1ccccc1. The maximum Gasteiger partial charge on any atom is 0.251 e. The Labute approximate surface area is 155 Å². The van der Waals surface area contributed by atoms with Crippen molar-refractivity contribution >= 4 is 17.6 Å². The predicted octanol–water partition coefficient (Wildman–Crippen LogP) is 4.98. The lowest BCUT2D eigenvalue weighted by Crippen LogP contribution is -2.25. The van der Waals surface area contributed by atoms with Crippen LogP contribution in [0.1, 0.15) is 23.1 Å². The molecule has 3 rings (SSSR count). The van der Waals surface area contributed by atoms with Crippen LogP contribution in [0, 0.1) is 0 Å². The number of hydrogen-bond acceptors (Lipinski definition) is 1. The van der Waals surface area contributed by atoms with Gasteiger partial charge in [-0.3, -0.25) is 4.79 Å². The molecule has 0 fully saturated rings. The van der Waals surface area contributed by atoms with Gasteiger partial charge in [-0.15, -0.1) is 0 Å². The molecule has 1 N–H and O–H groups in total. The van der Waals surface area contributed by atoms with Crippen LogP contribution in [0.3, 0.4) is 0 Å². The number of hydrogen-bond donors (Lipinski definition) is 1. The van der Waals surface area contributed by atoms with E-state index in [4.69, 9.17) is 0 Å². The average Bonchev–Trinajstić information content (AvgIpc) is 2.71. The van der Waals surface area contributed by atoms with Gasteiger partial charge in [0.05, 0.1) is 0 Å². The number of rotatable bonds is 7. The molecule has 1 amide bonds. The minimum absolute atomic E-state index is 0.0342. The zero-order chi connectivity index (χ0) is 18.0. The van der Waals surface area contributed by atoms with Crippen LogP contribution in [0.2, 0.25) is 0 Å². The van der Waals surface area contributed by atoms with Gasteiger partial charge in [-0.1, -0.05) is 91.0 Å². The van der Waals surface area contributed by atoms with E-state index in [-0.39, 0.29) is 5.91 Å². The standard InChI is InChI=1S/C24H23NO/c26-24(25-18-10-15-20-11-4-1-5-12-20)23(22-16-8-3-9-17-22)19-21-13-6-2-7-14-21/h1-9,11-14,16-17,19H,10,15,18H2,(H,25,26)/b23-19+. The highest BCUT2D eigenvalue weighted by Crippen LogP contribution is 2.18. The fourth-order valence-electron chi connectivity index (χ4n) is 2.85. The summed E-state index contributed by atoms with van der Waals surface area (Å²) in [7, 11) is 0. The molecule has 0 aromatic heterocycles. The summed E-state index contributed by atoms with van der Waals surface area (Å²) in [5.74, 6) is -0.0342. The summed E-state index contributed by atoms with van der Waals surface area (Å²) in [6, 6.07) is 30.1. The van der Waals surface area contributed by atoms with Crippen LogP contribution in [-0.4, -0.2) is 12.5 Å². The van der Waals surface area contributed by atoms with Crippen LogP contribution in [0.25, 0.3) is 11.6 Å². The lowest BCUT2D eigenvalue weighted by molar-refractivity contribution is -0.115. The summed E-state index contributed by atoms with van der Waals surface area (Å²) < 4.78 is 0. The summed E-state index contributed by atoms with van der Waals surface area (Å²) in [6.45, 7) is 0.659. The molecule has 2 heteroatoms. The first-order valence-electron chi connectivity index (χ1n) is 8.97. The first-order chi connectivity index (χ1) is 12.8.